The van der Waals surface area contributed by atoms with Crippen molar-refractivity contribution in [3.05, 3.63) is 81.0 Å². The second kappa shape index (κ2) is 9.34. The molecule has 35 heavy (non-hydrogen) atoms. The van der Waals surface area contributed by atoms with Crippen LogP contribution in [0.5, 0.6) is 0 Å². The Morgan fingerprint density at radius 1 is 1.00 bits per heavy atom. The van der Waals surface area contributed by atoms with E-state index in [4.69, 9.17) is 0 Å². The molecule has 0 radical (unpaired) electrons. The van der Waals surface area contributed by atoms with Crippen molar-refractivity contribution >= 4 is 46.3 Å². The predicted molar refractivity (Wildman–Crippen MR) is 133 cm³/mol. The molecule has 3 heterocycles. The van der Waals surface area contributed by atoms with Gasteiger partial charge in [-0.3, -0.25) is 24.6 Å². The maximum Gasteiger partial charge on any atom is 0.255 e. The molecule has 1 aromatic heterocycles. The number of amides is 4. The van der Waals surface area contributed by atoms with E-state index in [1.807, 2.05) is 11.8 Å². The zero-order valence-electron chi connectivity index (χ0n) is 19.2. The third kappa shape index (κ3) is 4.54. The zero-order valence-corrected chi connectivity index (χ0v) is 20.0. The molecule has 5 rings (SSSR count). The number of carbonyl (C=O) groups is 4. The number of thiophene rings is 1. The molecular formula is C26H24N4O4S. The summed E-state index contributed by atoms with van der Waals surface area (Å²) >= 11 is 1.73. The molecule has 9 heteroatoms. The van der Waals surface area contributed by atoms with Gasteiger partial charge in [-0.25, -0.2) is 5.01 Å². The molecule has 0 saturated carbocycles. The molecule has 0 spiro atoms. The van der Waals surface area contributed by atoms with Crippen LogP contribution in [0.25, 0.3) is 0 Å². The van der Waals surface area contributed by atoms with Crippen LogP contribution in [0.4, 0.5) is 11.4 Å². The largest absolute Gasteiger partial charge is 0.334 e. The average Bonchev–Trinajstić information content (AvgIpc) is 3.34. The van der Waals surface area contributed by atoms with Gasteiger partial charge in [0.2, 0.25) is 11.8 Å². The van der Waals surface area contributed by atoms with Crippen LogP contribution in [0.2, 0.25) is 0 Å². The summed E-state index contributed by atoms with van der Waals surface area (Å²) in [5.41, 5.74) is 6.45. The molecule has 2 aliphatic heterocycles. The molecule has 0 atom stereocenters. The van der Waals surface area contributed by atoms with Gasteiger partial charge in [0.25, 0.3) is 11.8 Å². The minimum absolute atomic E-state index is 0.0481. The van der Waals surface area contributed by atoms with Crippen LogP contribution < -0.4 is 15.8 Å². The molecule has 0 unspecified atom stereocenters. The van der Waals surface area contributed by atoms with E-state index in [1.54, 1.807) is 53.8 Å². The highest BCUT2D eigenvalue weighted by molar-refractivity contribution is 7.10. The van der Waals surface area contributed by atoms with Crippen LogP contribution in [0, 0.1) is 6.92 Å². The molecule has 1 saturated heterocycles. The third-order valence-corrected chi connectivity index (χ3v) is 7.37. The first kappa shape index (κ1) is 22.8. The number of fused-ring (bicyclic) bond motifs is 1. The van der Waals surface area contributed by atoms with E-state index in [2.05, 4.69) is 22.2 Å². The van der Waals surface area contributed by atoms with E-state index in [9.17, 15) is 19.2 Å². The Labute approximate surface area is 206 Å². The van der Waals surface area contributed by atoms with E-state index in [0.29, 0.717) is 41.2 Å². The highest BCUT2D eigenvalue weighted by atomic mass is 32.1. The van der Waals surface area contributed by atoms with Crippen molar-refractivity contribution in [2.24, 2.45) is 0 Å². The summed E-state index contributed by atoms with van der Waals surface area (Å²) in [7, 11) is 0. The van der Waals surface area contributed by atoms with E-state index < -0.39 is 0 Å². The lowest BCUT2D eigenvalue weighted by Gasteiger charge is -2.28. The topological polar surface area (TPSA) is 98.8 Å². The van der Waals surface area contributed by atoms with Crippen molar-refractivity contribution < 1.29 is 19.2 Å². The lowest BCUT2D eigenvalue weighted by molar-refractivity contribution is -0.130. The van der Waals surface area contributed by atoms with Crippen LogP contribution in [0.1, 0.15) is 49.6 Å². The summed E-state index contributed by atoms with van der Waals surface area (Å²) in [6.45, 7) is 3.10. The van der Waals surface area contributed by atoms with Gasteiger partial charge in [0.05, 0.1) is 5.69 Å². The van der Waals surface area contributed by atoms with E-state index in [0.717, 1.165) is 6.42 Å². The number of nitrogens with one attached hydrogen (secondary N) is 2. The van der Waals surface area contributed by atoms with Gasteiger partial charge >= 0.3 is 0 Å². The zero-order chi connectivity index (χ0) is 24.5. The average molecular weight is 489 g/mol. The first-order valence-electron chi connectivity index (χ1n) is 11.4. The monoisotopic (exact) mass is 488 g/mol. The lowest BCUT2D eigenvalue weighted by atomic mass is 10.0. The van der Waals surface area contributed by atoms with Crippen molar-refractivity contribution in [2.45, 2.75) is 32.7 Å². The molecular weight excluding hydrogens is 464 g/mol. The SMILES string of the molecule is Cc1c(NC(=O)c2ccc(N3NC(=O)CCC3=O)cc2)cccc1C(=O)N1CCc2sccc2C1. The molecule has 3 aromatic rings. The summed E-state index contributed by atoms with van der Waals surface area (Å²) < 4.78 is 0. The Balaban J connectivity index is 1.29. The van der Waals surface area contributed by atoms with Crippen LogP contribution >= 0.6 is 11.3 Å². The molecule has 0 aliphatic carbocycles. The summed E-state index contributed by atoms with van der Waals surface area (Å²) in [5, 5.41) is 6.16. The summed E-state index contributed by atoms with van der Waals surface area (Å²) in [4.78, 5) is 53.1. The maximum atomic E-state index is 13.3. The molecule has 4 amide bonds. The van der Waals surface area contributed by atoms with Crippen molar-refractivity contribution in [2.75, 3.05) is 16.9 Å². The van der Waals surface area contributed by atoms with Gasteiger partial charge < -0.3 is 10.2 Å². The Bertz CT molecular complexity index is 1330. The van der Waals surface area contributed by atoms with Gasteiger partial charge in [-0.1, -0.05) is 6.07 Å². The van der Waals surface area contributed by atoms with Crippen molar-refractivity contribution in [3.8, 4) is 0 Å². The van der Waals surface area contributed by atoms with Crippen molar-refractivity contribution in [1.29, 1.82) is 0 Å². The number of hydrazine groups is 1. The predicted octanol–water partition coefficient (Wildman–Crippen LogP) is 3.67. The molecule has 2 N–H and O–H groups in total. The van der Waals surface area contributed by atoms with Crippen molar-refractivity contribution in [3.63, 3.8) is 0 Å². The fourth-order valence-electron chi connectivity index (χ4n) is 4.34. The molecule has 0 bridgehead atoms. The molecule has 2 aliphatic rings. The lowest BCUT2D eigenvalue weighted by Crippen LogP contribution is -2.50. The fraction of sp³-hybridized carbons (Fsp3) is 0.231. The fourth-order valence-corrected chi connectivity index (χ4v) is 5.22. The van der Waals surface area contributed by atoms with E-state index in [-0.39, 0.29) is 36.5 Å². The number of rotatable bonds is 4. The number of benzene rings is 2. The third-order valence-electron chi connectivity index (χ3n) is 6.35. The van der Waals surface area contributed by atoms with Gasteiger partial charge in [-0.2, -0.15) is 0 Å². The normalized spacial score (nSPS) is 15.5. The van der Waals surface area contributed by atoms with E-state index >= 15 is 0 Å². The van der Waals surface area contributed by atoms with Crippen LogP contribution in [-0.4, -0.2) is 35.1 Å². The Kier molecular flexibility index (Phi) is 6.08. The first-order chi connectivity index (χ1) is 16.9. The van der Waals surface area contributed by atoms with Crippen LogP contribution in [0.15, 0.2) is 53.9 Å². The maximum absolute atomic E-state index is 13.3. The van der Waals surface area contributed by atoms with Crippen molar-refractivity contribution in [1.82, 2.24) is 10.3 Å². The van der Waals surface area contributed by atoms with Gasteiger partial charge in [0.15, 0.2) is 0 Å². The van der Waals surface area contributed by atoms with Gasteiger partial charge in [0, 0.05) is 47.6 Å². The second-order valence-corrected chi connectivity index (χ2v) is 9.59. The highest BCUT2D eigenvalue weighted by Gasteiger charge is 2.26. The molecule has 2 aromatic carbocycles. The smallest absolute Gasteiger partial charge is 0.255 e. The minimum Gasteiger partial charge on any atom is -0.334 e. The van der Waals surface area contributed by atoms with Gasteiger partial charge in [-0.15, -0.1) is 11.3 Å². The summed E-state index contributed by atoms with van der Waals surface area (Å²) in [5.74, 6) is -0.813. The van der Waals surface area contributed by atoms with Gasteiger partial charge in [0.1, 0.15) is 0 Å². The minimum atomic E-state index is -0.334. The van der Waals surface area contributed by atoms with Gasteiger partial charge in [-0.05, 0) is 72.3 Å². The highest BCUT2D eigenvalue weighted by Crippen LogP contribution is 2.27. The molecule has 178 valence electrons. The van der Waals surface area contributed by atoms with Crippen LogP contribution in [0.3, 0.4) is 0 Å². The standard InChI is InChI=1S/C26H24N4O4S/c1-16-20(26(34)29-13-11-22-18(15-29)12-14-35-22)3-2-4-21(16)27-25(33)17-5-7-19(8-6-17)30-24(32)10-9-23(31)28-30/h2-8,12,14H,9-11,13,15H2,1H3,(H,27,33)(H,28,31). The number of nitrogens with zero attached hydrogens (tertiary/aromatic N) is 2. The number of hydrogen-bond acceptors (Lipinski definition) is 5. The first-order valence-corrected chi connectivity index (χ1v) is 12.3. The Morgan fingerprint density at radius 3 is 2.60 bits per heavy atom. The number of hydrogen-bond donors (Lipinski definition) is 2. The summed E-state index contributed by atoms with van der Waals surface area (Å²) in [6, 6.07) is 13.8. The summed E-state index contributed by atoms with van der Waals surface area (Å²) in [6.07, 6.45) is 1.18. The van der Waals surface area contributed by atoms with E-state index in [1.165, 1.54) is 15.4 Å². The Hall–Kier alpha value is -3.98. The second-order valence-electron chi connectivity index (χ2n) is 8.59. The van der Waals surface area contributed by atoms with Crippen LogP contribution in [-0.2, 0) is 22.6 Å². The molecule has 8 nitrogen and oxygen atoms in total. The number of anilines is 2. The Morgan fingerprint density at radius 2 is 1.80 bits per heavy atom. The number of carbonyl (C=O) groups excluding carboxylic acids is 4. The quantitative estimate of drug-likeness (QED) is 0.586. The molecule has 1 fully saturated rings.